The topological polar surface area (TPSA) is 24.5 Å². The molecule has 2 saturated heterocycles. The minimum absolute atomic E-state index is 0.308. The van der Waals surface area contributed by atoms with Crippen LogP contribution in [0.1, 0.15) is 40.0 Å². The monoisotopic (exact) mass is 240 g/mol. The Bertz CT molecular complexity index is 240. The van der Waals surface area contributed by atoms with Gasteiger partial charge in [-0.1, -0.05) is 6.92 Å². The van der Waals surface area contributed by atoms with Crippen LogP contribution in [-0.4, -0.2) is 49.3 Å². The molecule has 0 saturated carbocycles. The summed E-state index contributed by atoms with van der Waals surface area (Å²) in [7, 11) is 0. The number of rotatable bonds is 3. The molecule has 3 unspecified atom stereocenters. The van der Waals surface area contributed by atoms with Crippen LogP contribution in [0.2, 0.25) is 0 Å². The largest absolute Gasteiger partial charge is 0.381 e. The molecule has 2 aliphatic rings. The zero-order valence-corrected chi connectivity index (χ0v) is 11.7. The summed E-state index contributed by atoms with van der Waals surface area (Å²) in [4.78, 5) is 2.67. The van der Waals surface area contributed by atoms with Crippen molar-refractivity contribution in [1.82, 2.24) is 10.2 Å². The van der Waals surface area contributed by atoms with E-state index in [1.54, 1.807) is 0 Å². The highest BCUT2D eigenvalue weighted by atomic mass is 16.5. The van der Waals surface area contributed by atoms with Gasteiger partial charge in [0.25, 0.3) is 0 Å². The van der Waals surface area contributed by atoms with E-state index < -0.39 is 0 Å². The highest BCUT2D eigenvalue weighted by Gasteiger charge is 2.33. The van der Waals surface area contributed by atoms with Crippen LogP contribution in [0.5, 0.6) is 0 Å². The standard InChI is InChI=1S/C14H28N2O/c1-4-14(3)11-16(12(2)8-15-14)9-13-6-5-7-17-10-13/h12-13,15H,4-11H2,1-3H3. The lowest BCUT2D eigenvalue weighted by Gasteiger charge is -2.46. The minimum atomic E-state index is 0.308. The maximum atomic E-state index is 5.59. The first-order chi connectivity index (χ1) is 8.13. The van der Waals surface area contributed by atoms with Crippen molar-refractivity contribution >= 4 is 0 Å². The smallest absolute Gasteiger partial charge is 0.0506 e. The predicted octanol–water partition coefficient (Wildman–Crippen LogP) is 1.88. The predicted molar refractivity (Wildman–Crippen MR) is 71.3 cm³/mol. The average Bonchev–Trinajstić information content (AvgIpc) is 2.35. The van der Waals surface area contributed by atoms with Gasteiger partial charge in [0.2, 0.25) is 0 Å². The van der Waals surface area contributed by atoms with Crippen molar-refractivity contribution in [2.45, 2.75) is 51.6 Å². The lowest BCUT2D eigenvalue weighted by molar-refractivity contribution is 0.0145. The normalized spacial score (nSPS) is 40.4. The summed E-state index contributed by atoms with van der Waals surface area (Å²) in [5, 5.41) is 3.69. The fourth-order valence-corrected chi connectivity index (χ4v) is 2.95. The molecule has 3 nitrogen and oxygen atoms in total. The van der Waals surface area contributed by atoms with Crippen LogP contribution < -0.4 is 5.32 Å². The molecule has 3 atom stereocenters. The Labute approximate surface area is 106 Å². The summed E-state index contributed by atoms with van der Waals surface area (Å²) in [6.45, 7) is 12.4. The first-order valence-corrected chi connectivity index (χ1v) is 7.20. The Morgan fingerprint density at radius 2 is 2.29 bits per heavy atom. The van der Waals surface area contributed by atoms with Gasteiger partial charge in [-0.3, -0.25) is 4.90 Å². The van der Waals surface area contributed by atoms with Gasteiger partial charge in [-0.15, -0.1) is 0 Å². The first kappa shape index (κ1) is 13.3. The molecular weight excluding hydrogens is 212 g/mol. The van der Waals surface area contributed by atoms with Crippen LogP contribution in [0.25, 0.3) is 0 Å². The molecule has 2 aliphatic heterocycles. The Morgan fingerprint density at radius 3 is 2.94 bits per heavy atom. The Hall–Kier alpha value is -0.120. The lowest BCUT2D eigenvalue weighted by atomic mass is 9.92. The van der Waals surface area contributed by atoms with Gasteiger partial charge < -0.3 is 10.1 Å². The maximum Gasteiger partial charge on any atom is 0.0506 e. The third-order valence-electron chi connectivity index (χ3n) is 4.53. The molecule has 0 aromatic rings. The van der Waals surface area contributed by atoms with Crippen molar-refractivity contribution in [3.05, 3.63) is 0 Å². The molecule has 1 N–H and O–H groups in total. The fourth-order valence-electron chi connectivity index (χ4n) is 2.95. The molecule has 100 valence electrons. The molecule has 0 radical (unpaired) electrons. The summed E-state index contributed by atoms with van der Waals surface area (Å²) in [6, 6.07) is 0.663. The van der Waals surface area contributed by atoms with E-state index in [1.165, 1.54) is 32.4 Å². The van der Waals surface area contributed by atoms with Gasteiger partial charge in [0, 0.05) is 37.8 Å². The van der Waals surface area contributed by atoms with Crippen molar-refractivity contribution in [3.8, 4) is 0 Å². The molecular formula is C14H28N2O. The van der Waals surface area contributed by atoms with Crippen molar-refractivity contribution < 1.29 is 4.74 Å². The molecule has 2 heterocycles. The lowest BCUT2D eigenvalue weighted by Crippen LogP contribution is -2.62. The number of nitrogens with one attached hydrogen (secondary N) is 1. The summed E-state index contributed by atoms with van der Waals surface area (Å²) >= 11 is 0. The van der Waals surface area contributed by atoms with Gasteiger partial charge in [-0.05, 0) is 39.0 Å². The molecule has 3 heteroatoms. The van der Waals surface area contributed by atoms with Crippen LogP contribution >= 0.6 is 0 Å². The average molecular weight is 240 g/mol. The summed E-state index contributed by atoms with van der Waals surface area (Å²) in [5.41, 5.74) is 0.308. The Balaban J connectivity index is 1.88. The van der Waals surface area contributed by atoms with Gasteiger partial charge >= 0.3 is 0 Å². The van der Waals surface area contributed by atoms with Gasteiger partial charge in [0.05, 0.1) is 6.61 Å². The summed E-state index contributed by atoms with van der Waals surface area (Å²) in [5.74, 6) is 0.755. The van der Waals surface area contributed by atoms with Crippen LogP contribution in [-0.2, 0) is 4.74 Å². The van der Waals surface area contributed by atoms with Crippen LogP contribution in [0.15, 0.2) is 0 Å². The number of ether oxygens (including phenoxy) is 1. The van der Waals surface area contributed by atoms with Crippen molar-refractivity contribution in [3.63, 3.8) is 0 Å². The number of hydrogen-bond acceptors (Lipinski definition) is 3. The zero-order chi connectivity index (χ0) is 12.3. The molecule has 0 aromatic carbocycles. The molecule has 0 amide bonds. The molecule has 0 aliphatic carbocycles. The molecule has 17 heavy (non-hydrogen) atoms. The van der Waals surface area contributed by atoms with Gasteiger partial charge in [0.1, 0.15) is 0 Å². The quantitative estimate of drug-likeness (QED) is 0.815. The second-order valence-corrected chi connectivity index (χ2v) is 6.16. The number of piperazine rings is 1. The van der Waals surface area contributed by atoms with E-state index in [0.717, 1.165) is 25.7 Å². The second kappa shape index (κ2) is 5.68. The maximum absolute atomic E-state index is 5.59. The Morgan fingerprint density at radius 1 is 1.47 bits per heavy atom. The van der Waals surface area contributed by atoms with Crippen LogP contribution in [0.4, 0.5) is 0 Å². The Kier molecular flexibility index (Phi) is 4.45. The van der Waals surface area contributed by atoms with Gasteiger partial charge in [0.15, 0.2) is 0 Å². The summed E-state index contributed by atoms with van der Waals surface area (Å²) in [6.07, 6.45) is 3.80. The van der Waals surface area contributed by atoms with E-state index in [1.807, 2.05) is 0 Å². The number of nitrogens with zero attached hydrogens (tertiary/aromatic N) is 1. The molecule has 0 spiro atoms. The first-order valence-electron chi connectivity index (χ1n) is 7.20. The van der Waals surface area contributed by atoms with Gasteiger partial charge in [-0.2, -0.15) is 0 Å². The van der Waals surface area contributed by atoms with Crippen molar-refractivity contribution in [2.24, 2.45) is 5.92 Å². The van der Waals surface area contributed by atoms with Crippen LogP contribution in [0.3, 0.4) is 0 Å². The summed E-state index contributed by atoms with van der Waals surface area (Å²) < 4.78 is 5.59. The second-order valence-electron chi connectivity index (χ2n) is 6.16. The highest BCUT2D eigenvalue weighted by molar-refractivity contribution is 4.93. The third-order valence-corrected chi connectivity index (χ3v) is 4.53. The third kappa shape index (κ3) is 3.43. The molecule has 2 fully saturated rings. The van der Waals surface area contributed by atoms with Crippen LogP contribution in [0, 0.1) is 5.92 Å². The van der Waals surface area contributed by atoms with E-state index in [9.17, 15) is 0 Å². The highest BCUT2D eigenvalue weighted by Crippen LogP contribution is 2.22. The minimum Gasteiger partial charge on any atom is -0.381 e. The van der Waals surface area contributed by atoms with Gasteiger partial charge in [-0.25, -0.2) is 0 Å². The molecule has 0 aromatic heterocycles. The van der Waals surface area contributed by atoms with E-state index in [-0.39, 0.29) is 0 Å². The SMILES string of the molecule is CCC1(C)CN(CC2CCCOC2)C(C)CN1. The van der Waals surface area contributed by atoms with E-state index in [0.29, 0.717) is 11.6 Å². The fraction of sp³-hybridized carbons (Fsp3) is 1.00. The molecule has 2 rings (SSSR count). The number of hydrogen-bond donors (Lipinski definition) is 1. The van der Waals surface area contributed by atoms with Crippen molar-refractivity contribution in [1.29, 1.82) is 0 Å². The molecule has 0 bridgehead atoms. The van der Waals surface area contributed by atoms with E-state index in [4.69, 9.17) is 4.74 Å². The van der Waals surface area contributed by atoms with E-state index >= 15 is 0 Å². The van der Waals surface area contributed by atoms with Crippen molar-refractivity contribution in [2.75, 3.05) is 32.8 Å². The van der Waals surface area contributed by atoms with E-state index in [2.05, 4.69) is 31.0 Å². The zero-order valence-electron chi connectivity index (χ0n) is 11.7.